The van der Waals surface area contributed by atoms with Gasteiger partial charge >= 0.3 is 0 Å². The number of ether oxygens (including phenoxy) is 1. The van der Waals surface area contributed by atoms with Crippen molar-refractivity contribution < 1.29 is 4.74 Å². The van der Waals surface area contributed by atoms with Crippen LogP contribution >= 0.6 is 0 Å². The van der Waals surface area contributed by atoms with E-state index in [-0.39, 0.29) is 0 Å². The molecule has 2 aliphatic rings. The number of hydrogen-bond donors (Lipinski definition) is 0. The lowest BCUT2D eigenvalue weighted by atomic mass is 10.2. The molecule has 0 radical (unpaired) electrons. The first-order chi connectivity index (χ1) is 9.86. The lowest BCUT2D eigenvalue weighted by Crippen LogP contribution is -2.45. The zero-order valence-corrected chi connectivity index (χ0v) is 11.7. The van der Waals surface area contributed by atoms with Gasteiger partial charge in [0.05, 0.1) is 13.2 Å². The maximum atomic E-state index is 8.98. The third-order valence-electron chi connectivity index (χ3n) is 4.09. The van der Waals surface area contributed by atoms with Crippen LogP contribution in [-0.4, -0.2) is 55.3 Å². The summed E-state index contributed by atoms with van der Waals surface area (Å²) < 4.78 is 5.40. The minimum atomic E-state index is 0.500. The van der Waals surface area contributed by atoms with Gasteiger partial charge in [-0.05, 0) is 25.0 Å². The monoisotopic (exact) mass is 272 g/mol. The molecule has 3 heterocycles. The summed E-state index contributed by atoms with van der Waals surface area (Å²) in [5, 5.41) is 8.98. The molecule has 3 rings (SSSR count). The van der Waals surface area contributed by atoms with E-state index >= 15 is 0 Å². The Balaban J connectivity index is 1.69. The number of morpholine rings is 1. The predicted octanol–water partition coefficient (Wildman–Crippen LogP) is 1.25. The van der Waals surface area contributed by atoms with Crippen molar-refractivity contribution in [1.82, 2.24) is 9.88 Å². The van der Waals surface area contributed by atoms with Crippen LogP contribution in [0.15, 0.2) is 18.2 Å². The smallest absolute Gasteiger partial charge is 0.142 e. The zero-order chi connectivity index (χ0) is 13.8. The number of anilines is 1. The SMILES string of the molecule is N#Cc1cccc(N2CCCC2CN2CCOCC2)n1. The van der Waals surface area contributed by atoms with Crippen molar-refractivity contribution in [2.24, 2.45) is 0 Å². The molecule has 1 aromatic rings. The highest BCUT2D eigenvalue weighted by Gasteiger charge is 2.28. The summed E-state index contributed by atoms with van der Waals surface area (Å²) in [6, 6.07) is 8.33. The Morgan fingerprint density at radius 1 is 1.30 bits per heavy atom. The maximum Gasteiger partial charge on any atom is 0.142 e. The molecule has 1 aromatic heterocycles. The van der Waals surface area contributed by atoms with Gasteiger partial charge in [0.2, 0.25) is 0 Å². The molecular weight excluding hydrogens is 252 g/mol. The molecule has 5 heteroatoms. The number of nitriles is 1. The van der Waals surface area contributed by atoms with Crippen LogP contribution in [0.5, 0.6) is 0 Å². The van der Waals surface area contributed by atoms with Gasteiger partial charge in [0.15, 0.2) is 0 Å². The molecule has 0 aromatic carbocycles. The van der Waals surface area contributed by atoms with Gasteiger partial charge in [-0.3, -0.25) is 4.90 Å². The fourth-order valence-electron chi connectivity index (χ4n) is 3.05. The Bertz CT molecular complexity index is 493. The van der Waals surface area contributed by atoms with Gasteiger partial charge < -0.3 is 9.64 Å². The van der Waals surface area contributed by atoms with Crippen LogP contribution in [0.4, 0.5) is 5.82 Å². The van der Waals surface area contributed by atoms with Crippen LogP contribution in [0, 0.1) is 11.3 Å². The van der Waals surface area contributed by atoms with E-state index in [0.29, 0.717) is 11.7 Å². The molecule has 2 saturated heterocycles. The summed E-state index contributed by atoms with van der Waals surface area (Å²) in [6.45, 7) is 5.84. The molecule has 1 unspecified atom stereocenters. The van der Waals surface area contributed by atoms with Crippen molar-refractivity contribution in [2.45, 2.75) is 18.9 Å². The molecule has 0 amide bonds. The molecule has 2 aliphatic heterocycles. The third-order valence-corrected chi connectivity index (χ3v) is 4.09. The summed E-state index contributed by atoms with van der Waals surface area (Å²) in [7, 11) is 0. The second kappa shape index (κ2) is 6.21. The first kappa shape index (κ1) is 13.3. The highest BCUT2D eigenvalue weighted by molar-refractivity contribution is 5.43. The molecule has 20 heavy (non-hydrogen) atoms. The molecular formula is C15H20N4O. The van der Waals surface area contributed by atoms with Gasteiger partial charge in [-0.15, -0.1) is 0 Å². The molecule has 0 aliphatic carbocycles. The summed E-state index contributed by atoms with van der Waals surface area (Å²) in [6.07, 6.45) is 2.41. The van der Waals surface area contributed by atoms with E-state index in [1.807, 2.05) is 12.1 Å². The lowest BCUT2D eigenvalue weighted by molar-refractivity contribution is 0.0354. The number of aromatic nitrogens is 1. The van der Waals surface area contributed by atoms with Crippen molar-refractivity contribution >= 4 is 5.82 Å². The highest BCUT2D eigenvalue weighted by atomic mass is 16.5. The first-order valence-corrected chi connectivity index (χ1v) is 7.31. The Labute approximate surface area is 119 Å². The second-order valence-electron chi connectivity index (χ2n) is 5.40. The molecule has 0 saturated carbocycles. The summed E-state index contributed by atoms with van der Waals surface area (Å²) >= 11 is 0. The van der Waals surface area contributed by atoms with E-state index in [9.17, 15) is 0 Å². The van der Waals surface area contributed by atoms with Crippen LogP contribution in [-0.2, 0) is 4.74 Å². The van der Waals surface area contributed by atoms with E-state index in [1.54, 1.807) is 6.07 Å². The largest absolute Gasteiger partial charge is 0.379 e. The number of pyridine rings is 1. The lowest BCUT2D eigenvalue weighted by Gasteiger charge is -2.33. The fraction of sp³-hybridized carbons (Fsp3) is 0.600. The average Bonchev–Trinajstić information content (AvgIpc) is 2.96. The van der Waals surface area contributed by atoms with Crippen molar-refractivity contribution in [3.8, 4) is 6.07 Å². The zero-order valence-electron chi connectivity index (χ0n) is 11.7. The third kappa shape index (κ3) is 2.92. The number of nitrogens with zero attached hydrogens (tertiary/aromatic N) is 4. The van der Waals surface area contributed by atoms with Crippen molar-refractivity contribution in [3.05, 3.63) is 23.9 Å². The van der Waals surface area contributed by atoms with Crippen molar-refractivity contribution in [1.29, 1.82) is 5.26 Å². The molecule has 1 atom stereocenters. The minimum absolute atomic E-state index is 0.500. The van der Waals surface area contributed by atoms with E-state index in [0.717, 1.165) is 45.2 Å². The van der Waals surface area contributed by atoms with Gasteiger partial charge in [0, 0.05) is 32.2 Å². The summed E-state index contributed by atoms with van der Waals surface area (Å²) in [4.78, 5) is 9.27. The van der Waals surface area contributed by atoms with Crippen molar-refractivity contribution in [3.63, 3.8) is 0 Å². The van der Waals surface area contributed by atoms with Crippen LogP contribution in [0.1, 0.15) is 18.5 Å². The Kier molecular flexibility index (Phi) is 4.14. The van der Waals surface area contributed by atoms with E-state index in [2.05, 4.69) is 20.9 Å². The quantitative estimate of drug-likeness (QED) is 0.829. The standard InChI is InChI=1S/C15H20N4O/c16-11-13-3-1-5-15(17-13)19-6-2-4-14(19)12-18-7-9-20-10-8-18/h1,3,5,14H,2,4,6-10,12H2. The van der Waals surface area contributed by atoms with Gasteiger partial charge in [0.25, 0.3) is 0 Å². The van der Waals surface area contributed by atoms with Crippen molar-refractivity contribution in [2.75, 3.05) is 44.3 Å². The Morgan fingerprint density at radius 3 is 2.95 bits per heavy atom. The van der Waals surface area contributed by atoms with Crippen LogP contribution in [0.2, 0.25) is 0 Å². The molecule has 0 spiro atoms. The molecule has 5 nitrogen and oxygen atoms in total. The number of rotatable bonds is 3. The Hall–Kier alpha value is -1.64. The predicted molar refractivity (Wildman–Crippen MR) is 76.6 cm³/mol. The van der Waals surface area contributed by atoms with E-state index in [4.69, 9.17) is 10.00 Å². The van der Waals surface area contributed by atoms with Gasteiger partial charge in [-0.1, -0.05) is 6.07 Å². The maximum absolute atomic E-state index is 8.98. The molecule has 2 fully saturated rings. The van der Waals surface area contributed by atoms with Crippen LogP contribution in [0.3, 0.4) is 0 Å². The van der Waals surface area contributed by atoms with E-state index in [1.165, 1.54) is 12.8 Å². The molecule has 0 bridgehead atoms. The highest BCUT2D eigenvalue weighted by Crippen LogP contribution is 2.24. The van der Waals surface area contributed by atoms with Gasteiger partial charge in [0.1, 0.15) is 17.6 Å². The Morgan fingerprint density at radius 2 is 2.15 bits per heavy atom. The summed E-state index contributed by atoms with van der Waals surface area (Å²) in [5.41, 5.74) is 0.500. The normalized spacial score (nSPS) is 23.8. The van der Waals surface area contributed by atoms with Gasteiger partial charge in [-0.25, -0.2) is 4.98 Å². The first-order valence-electron chi connectivity index (χ1n) is 7.31. The molecule has 0 N–H and O–H groups in total. The average molecular weight is 272 g/mol. The molecule has 106 valence electrons. The minimum Gasteiger partial charge on any atom is -0.379 e. The van der Waals surface area contributed by atoms with E-state index < -0.39 is 0 Å². The van der Waals surface area contributed by atoms with Crippen LogP contribution < -0.4 is 4.90 Å². The topological polar surface area (TPSA) is 52.4 Å². The van der Waals surface area contributed by atoms with Crippen LogP contribution in [0.25, 0.3) is 0 Å². The number of hydrogen-bond acceptors (Lipinski definition) is 5. The summed E-state index contributed by atoms with van der Waals surface area (Å²) in [5.74, 6) is 0.944. The van der Waals surface area contributed by atoms with Gasteiger partial charge in [-0.2, -0.15) is 5.26 Å². The fourth-order valence-corrected chi connectivity index (χ4v) is 3.05. The second-order valence-corrected chi connectivity index (χ2v) is 5.40.